The molecule has 1 saturated carbocycles. The van der Waals surface area contributed by atoms with Crippen molar-refractivity contribution in [1.29, 1.82) is 0 Å². The van der Waals surface area contributed by atoms with Gasteiger partial charge in [-0.2, -0.15) is 0 Å². The summed E-state index contributed by atoms with van der Waals surface area (Å²) in [5.74, 6) is 0.545. The standard InChI is InChI=1S/C25H41N3OSSi/c1-18(16-29-31(6,7)25(3,4)5)12-13-28(22-10-11-22)23-14-20(8-9-21(23)15-26)24-19(2)27-17-30-24/h8-9,14,17-18,22H,10-13,15-16,26H2,1-7H3. The van der Waals surface area contributed by atoms with Gasteiger partial charge in [-0.05, 0) is 67.4 Å². The van der Waals surface area contributed by atoms with Gasteiger partial charge < -0.3 is 15.1 Å². The Kier molecular flexibility index (Phi) is 7.67. The molecule has 3 rings (SSSR count). The Morgan fingerprint density at radius 1 is 1.29 bits per heavy atom. The van der Waals surface area contributed by atoms with Crippen LogP contribution in [0.25, 0.3) is 10.4 Å². The zero-order valence-corrected chi connectivity index (χ0v) is 22.3. The second-order valence-corrected chi connectivity index (χ2v) is 16.4. The summed E-state index contributed by atoms with van der Waals surface area (Å²) in [6.07, 6.45) is 3.70. The predicted octanol–water partition coefficient (Wildman–Crippen LogP) is 6.59. The molecule has 0 aliphatic heterocycles. The van der Waals surface area contributed by atoms with E-state index in [1.807, 2.05) is 5.51 Å². The number of aromatic nitrogens is 1. The van der Waals surface area contributed by atoms with Crippen LogP contribution in [0.4, 0.5) is 5.69 Å². The van der Waals surface area contributed by atoms with Gasteiger partial charge >= 0.3 is 0 Å². The summed E-state index contributed by atoms with van der Waals surface area (Å²) in [6.45, 7) is 18.5. The van der Waals surface area contributed by atoms with E-state index in [4.69, 9.17) is 10.2 Å². The van der Waals surface area contributed by atoms with E-state index in [9.17, 15) is 0 Å². The molecule has 1 atom stereocenters. The topological polar surface area (TPSA) is 51.4 Å². The molecule has 0 spiro atoms. The highest BCUT2D eigenvalue weighted by molar-refractivity contribution is 7.13. The van der Waals surface area contributed by atoms with E-state index in [0.717, 1.165) is 25.3 Å². The number of benzene rings is 1. The molecule has 1 fully saturated rings. The number of aryl methyl sites for hydroxylation is 1. The summed E-state index contributed by atoms with van der Waals surface area (Å²) in [5.41, 5.74) is 13.0. The first-order valence-corrected chi connectivity index (χ1v) is 15.5. The van der Waals surface area contributed by atoms with E-state index in [0.29, 0.717) is 18.5 Å². The molecule has 1 aromatic heterocycles. The van der Waals surface area contributed by atoms with Crippen molar-refractivity contribution < 1.29 is 4.43 Å². The number of anilines is 1. The highest BCUT2D eigenvalue weighted by Crippen LogP contribution is 2.39. The Balaban J connectivity index is 1.72. The van der Waals surface area contributed by atoms with Crippen molar-refractivity contribution in [3.05, 3.63) is 35.0 Å². The lowest BCUT2D eigenvalue weighted by atomic mass is 10.0. The van der Waals surface area contributed by atoms with Crippen molar-refractivity contribution in [2.45, 2.75) is 84.6 Å². The number of hydrogen-bond acceptors (Lipinski definition) is 5. The number of nitrogens with two attached hydrogens (primary N) is 1. The van der Waals surface area contributed by atoms with Crippen LogP contribution in [0, 0.1) is 12.8 Å². The number of nitrogens with zero attached hydrogens (tertiary/aromatic N) is 2. The molecule has 4 nitrogen and oxygen atoms in total. The second-order valence-electron chi connectivity index (χ2n) is 10.7. The first kappa shape index (κ1) is 24.4. The van der Waals surface area contributed by atoms with Crippen LogP contribution < -0.4 is 10.6 Å². The fourth-order valence-corrected chi connectivity index (χ4v) is 5.56. The average molecular weight is 460 g/mol. The molecule has 6 heteroatoms. The van der Waals surface area contributed by atoms with E-state index in [2.05, 4.69) is 75.8 Å². The molecule has 31 heavy (non-hydrogen) atoms. The summed E-state index contributed by atoms with van der Waals surface area (Å²) >= 11 is 1.72. The first-order valence-electron chi connectivity index (χ1n) is 11.7. The number of thiazole rings is 1. The van der Waals surface area contributed by atoms with Crippen molar-refractivity contribution in [2.75, 3.05) is 18.1 Å². The Bertz CT molecular complexity index is 870. The molecule has 1 aliphatic rings. The van der Waals surface area contributed by atoms with Gasteiger partial charge in [0.05, 0.1) is 16.1 Å². The van der Waals surface area contributed by atoms with E-state index < -0.39 is 8.32 Å². The summed E-state index contributed by atoms with van der Waals surface area (Å²) in [6, 6.07) is 7.41. The molecular formula is C25H41N3OSSi. The third kappa shape index (κ3) is 5.98. The van der Waals surface area contributed by atoms with Gasteiger partial charge in [0.25, 0.3) is 0 Å². The zero-order chi connectivity index (χ0) is 22.8. The molecule has 1 heterocycles. The summed E-state index contributed by atoms with van der Waals surface area (Å²) in [4.78, 5) is 8.32. The van der Waals surface area contributed by atoms with E-state index >= 15 is 0 Å². The van der Waals surface area contributed by atoms with E-state index in [1.165, 1.54) is 34.5 Å². The first-order chi connectivity index (χ1) is 14.5. The maximum atomic E-state index is 6.49. The molecule has 0 radical (unpaired) electrons. The Labute approximate surface area is 194 Å². The number of hydrogen-bond donors (Lipinski definition) is 1. The lowest BCUT2D eigenvalue weighted by molar-refractivity contribution is 0.232. The third-order valence-electron chi connectivity index (χ3n) is 7.01. The van der Waals surface area contributed by atoms with Crippen molar-refractivity contribution in [2.24, 2.45) is 11.7 Å². The fraction of sp³-hybridized carbons (Fsp3) is 0.640. The molecule has 1 aromatic carbocycles. The minimum absolute atomic E-state index is 0.262. The number of rotatable bonds is 10. The average Bonchev–Trinajstić information content (AvgIpc) is 3.45. The second kappa shape index (κ2) is 9.73. The largest absolute Gasteiger partial charge is 0.417 e. The van der Waals surface area contributed by atoms with Crippen LogP contribution in [0.15, 0.2) is 23.7 Å². The van der Waals surface area contributed by atoms with Crippen LogP contribution in [0.2, 0.25) is 18.1 Å². The molecule has 0 saturated heterocycles. The highest BCUT2D eigenvalue weighted by atomic mass is 32.1. The normalized spacial score (nSPS) is 15.9. The van der Waals surface area contributed by atoms with Gasteiger partial charge in [0.15, 0.2) is 8.32 Å². The van der Waals surface area contributed by atoms with Gasteiger partial charge in [-0.15, -0.1) is 11.3 Å². The Hall–Kier alpha value is -1.21. The Morgan fingerprint density at radius 2 is 2.00 bits per heavy atom. The predicted molar refractivity (Wildman–Crippen MR) is 137 cm³/mol. The van der Waals surface area contributed by atoms with Crippen LogP contribution >= 0.6 is 11.3 Å². The molecule has 172 valence electrons. The van der Waals surface area contributed by atoms with Crippen molar-refractivity contribution >= 4 is 25.3 Å². The van der Waals surface area contributed by atoms with Gasteiger partial charge in [0.2, 0.25) is 0 Å². The maximum absolute atomic E-state index is 6.49. The summed E-state index contributed by atoms with van der Waals surface area (Å²) < 4.78 is 6.49. The smallest absolute Gasteiger partial charge is 0.191 e. The van der Waals surface area contributed by atoms with Gasteiger partial charge in [-0.3, -0.25) is 0 Å². The van der Waals surface area contributed by atoms with Crippen LogP contribution in [-0.4, -0.2) is 32.5 Å². The SMILES string of the molecule is Cc1ncsc1-c1ccc(CN)c(N(CCC(C)CO[Si](C)(C)C(C)(C)C)C2CC2)c1. The van der Waals surface area contributed by atoms with Crippen LogP contribution in [0.1, 0.15) is 58.2 Å². The lowest BCUT2D eigenvalue weighted by Gasteiger charge is -2.37. The van der Waals surface area contributed by atoms with Crippen molar-refractivity contribution in [3.8, 4) is 10.4 Å². The monoisotopic (exact) mass is 459 g/mol. The van der Waals surface area contributed by atoms with E-state index in [1.54, 1.807) is 11.3 Å². The van der Waals surface area contributed by atoms with Gasteiger partial charge in [-0.1, -0.05) is 39.8 Å². The molecule has 2 N–H and O–H groups in total. The lowest BCUT2D eigenvalue weighted by Crippen LogP contribution is -2.42. The molecule has 1 unspecified atom stereocenters. The van der Waals surface area contributed by atoms with Crippen LogP contribution in [0.5, 0.6) is 0 Å². The van der Waals surface area contributed by atoms with Gasteiger partial charge in [0.1, 0.15) is 0 Å². The third-order valence-corrected chi connectivity index (χ3v) is 12.5. The van der Waals surface area contributed by atoms with Crippen LogP contribution in [-0.2, 0) is 11.0 Å². The van der Waals surface area contributed by atoms with E-state index in [-0.39, 0.29) is 5.04 Å². The molecule has 0 bridgehead atoms. The highest BCUT2D eigenvalue weighted by Gasteiger charge is 2.37. The van der Waals surface area contributed by atoms with Gasteiger partial charge in [-0.25, -0.2) is 4.98 Å². The van der Waals surface area contributed by atoms with Crippen LogP contribution in [0.3, 0.4) is 0 Å². The molecule has 0 amide bonds. The quantitative estimate of drug-likeness (QED) is 0.407. The summed E-state index contributed by atoms with van der Waals surface area (Å²) in [7, 11) is -1.69. The van der Waals surface area contributed by atoms with Gasteiger partial charge in [0, 0.05) is 31.4 Å². The summed E-state index contributed by atoms with van der Waals surface area (Å²) in [5, 5.41) is 0.262. The maximum Gasteiger partial charge on any atom is 0.191 e. The molecule has 1 aliphatic carbocycles. The van der Waals surface area contributed by atoms with Crippen molar-refractivity contribution in [1.82, 2.24) is 4.98 Å². The van der Waals surface area contributed by atoms with Crippen molar-refractivity contribution in [3.63, 3.8) is 0 Å². The minimum atomic E-state index is -1.69. The zero-order valence-electron chi connectivity index (χ0n) is 20.5. The Morgan fingerprint density at radius 3 is 2.55 bits per heavy atom. The molecule has 2 aromatic rings. The minimum Gasteiger partial charge on any atom is -0.417 e. The fourth-order valence-electron chi connectivity index (χ4n) is 3.62. The molecular weight excluding hydrogens is 418 g/mol.